The van der Waals surface area contributed by atoms with Gasteiger partial charge in [0.25, 0.3) is 0 Å². The molecule has 2 rings (SSSR count). The first-order valence-corrected chi connectivity index (χ1v) is 7.27. The number of nitrogens with zero attached hydrogens (tertiary/aromatic N) is 3. The van der Waals surface area contributed by atoms with Crippen molar-refractivity contribution in [3.8, 4) is 0 Å². The molecule has 5 nitrogen and oxygen atoms in total. The second kappa shape index (κ2) is 6.70. The number of piperidine rings is 1. The van der Waals surface area contributed by atoms with Crippen LogP contribution in [0.5, 0.6) is 0 Å². The molecule has 0 aliphatic carbocycles. The maximum absolute atomic E-state index is 12.2. The van der Waals surface area contributed by atoms with Gasteiger partial charge in [0.15, 0.2) is 0 Å². The minimum absolute atomic E-state index is 0.167. The number of amides is 1. The van der Waals surface area contributed by atoms with E-state index < -0.39 is 0 Å². The number of imidazole rings is 1. The predicted octanol–water partition coefficient (Wildman–Crippen LogP) is 1.57. The zero-order valence-electron chi connectivity index (χ0n) is 11.9. The molecule has 1 saturated heterocycles. The van der Waals surface area contributed by atoms with E-state index in [0.29, 0.717) is 12.6 Å². The Bertz CT molecular complexity index is 405. The molecule has 5 heteroatoms. The van der Waals surface area contributed by atoms with Crippen LogP contribution < -0.4 is 5.32 Å². The molecule has 1 aliphatic heterocycles. The smallest absolute Gasteiger partial charge is 0.242 e. The lowest BCUT2D eigenvalue weighted by atomic mass is 10.0. The van der Waals surface area contributed by atoms with Crippen molar-refractivity contribution < 1.29 is 4.79 Å². The van der Waals surface area contributed by atoms with Crippen molar-refractivity contribution in [3.63, 3.8) is 0 Å². The highest BCUT2D eigenvalue weighted by molar-refractivity contribution is 5.76. The minimum atomic E-state index is 0.167. The van der Waals surface area contributed by atoms with Crippen molar-refractivity contribution in [2.45, 2.75) is 45.7 Å². The summed E-state index contributed by atoms with van der Waals surface area (Å²) in [7, 11) is 0. The van der Waals surface area contributed by atoms with Crippen molar-refractivity contribution >= 4 is 5.91 Å². The summed E-state index contributed by atoms with van der Waals surface area (Å²) in [5.41, 5.74) is 1.14. The van der Waals surface area contributed by atoms with Gasteiger partial charge in [-0.3, -0.25) is 4.79 Å². The number of nitrogens with one attached hydrogen (secondary N) is 1. The van der Waals surface area contributed by atoms with Crippen LogP contribution in [0.4, 0.5) is 0 Å². The lowest BCUT2D eigenvalue weighted by Crippen LogP contribution is -2.35. The molecule has 1 aromatic heterocycles. The molecule has 1 aromatic rings. The molecule has 2 heterocycles. The quantitative estimate of drug-likeness (QED) is 0.878. The monoisotopic (exact) mass is 264 g/mol. The number of aromatic nitrogens is 2. The first kappa shape index (κ1) is 14.1. The molecule has 0 spiro atoms. The Morgan fingerprint density at radius 2 is 2.26 bits per heavy atom. The van der Waals surface area contributed by atoms with Crippen molar-refractivity contribution in [1.82, 2.24) is 19.8 Å². The summed E-state index contributed by atoms with van der Waals surface area (Å²) in [5.74, 6) is 0.167. The van der Waals surface area contributed by atoms with Crippen molar-refractivity contribution in [2.24, 2.45) is 0 Å². The summed E-state index contributed by atoms with van der Waals surface area (Å²) in [4.78, 5) is 18.2. The largest absolute Gasteiger partial charge is 0.342 e. The number of hydrogen-bond donors (Lipinski definition) is 1. The summed E-state index contributed by atoms with van der Waals surface area (Å²) >= 11 is 0. The third kappa shape index (κ3) is 3.35. The molecule has 106 valence electrons. The molecule has 1 N–H and O–H groups in total. The van der Waals surface area contributed by atoms with Crippen LogP contribution >= 0.6 is 0 Å². The number of hydrogen-bond acceptors (Lipinski definition) is 3. The van der Waals surface area contributed by atoms with Gasteiger partial charge in [-0.25, -0.2) is 4.98 Å². The normalized spacial score (nSPS) is 19.4. The summed E-state index contributed by atoms with van der Waals surface area (Å²) in [6.07, 6.45) is 7.27. The van der Waals surface area contributed by atoms with Gasteiger partial charge in [-0.2, -0.15) is 0 Å². The Morgan fingerprint density at radius 1 is 1.47 bits per heavy atom. The molecule has 0 bridgehead atoms. The number of carbonyl (C=O) groups is 1. The summed E-state index contributed by atoms with van der Waals surface area (Å²) < 4.78 is 1.99. The fraction of sp³-hybridized carbons (Fsp3) is 0.714. The van der Waals surface area contributed by atoms with E-state index >= 15 is 0 Å². The molecule has 0 aromatic carbocycles. The van der Waals surface area contributed by atoms with Crippen LogP contribution in [0.25, 0.3) is 0 Å². The van der Waals surface area contributed by atoms with E-state index in [9.17, 15) is 4.79 Å². The average molecular weight is 264 g/mol. The average Bonchev–Trinajstić information content (AvgIpc) is 2.89. The lowest BCUT2D eigenvalue weighted by molar-refractivity contribution is -0.131. The zero-order valence-corrected chi connectivity index (χ0v) is 11.9. The maximum atomic E-state index is 12.2. The highest BCUT2D eigenvalue weighted by Crippen LogP contribution is 2.22. The van der Waals surface area contributed by atoms with E-state index in [1.165, 1.54) is 12.8 Å². The summed E-state index contributed by atoms with van der Waals surface area (Å²) in [5, 5.41) is 3.51. The van der Waals surface area contributed by atoms with Crippen LogP contribution in [-0.2, 0) is 11.3 Å². The molecule has 1 aliphatic rings. The zero-order chi connectivity index (χ0) is 13.7. The van der Waals surface area contributed by atoms with E-state index in [0.717, 1.165) is 31.7 Å². The van der Waals surface area contributed by atoms with Gasteiger partial charge in [-0.1, -0.05) is 6.42 Å². The minimum Gasteiger partial charge on any atom is -0.342 e. The highest BCUT2D eigenvalue weighted by Gasteiger charge is 2.20. The fourth-order valence-electron chi connectivity index (χ4n) is 2.68. The molecule has 1 unspecified atom stereocenters. The molecule has 0 radical (unpaired) electrons. The lowest BCUT2D eigenvalue weighted by Gasteiger charge is -2.25. The molecule has 19 heavy (non-hydrogen) atoms. The van der Waals surface area contributed by atoms with E-state index in [1.807, 2.05) is 29.5 Å². The van der Waals surface area contributed by atoms with Gasteiger partial charge in [-0.05, 0) is 33.2 Å². The van der Waals surface area contributed by atoms with Crippen LogP contribution in [0.3, 0.4) is 0 Å². The molecular weight excluding hydrogens is 240 g/mol. The second-order valence-corrected chi connectivity index (χ2v) is 5.01. The van der Waals surface area contributed by atoms with Crippen LogP contribution in [0.1, 0.15) is 44.8 Å². The molecule has 0 saturated carbocycles. The number of likely N-dealkylation sites (N-methyl/N-ethyl adjacent to an activating group) is 1. The summed E-state index contributed by atoms with van der Waals surface area (Å²) in [6.45, 7) is 7.01. The van der Waals surface area contributed by atoms with E-state index in [2.05, 4.69) is 10.3 Å². The standard InChI is InChI=1S/C14H24N4O/c1-3-17(4-2)14(19)10-18-11-15-9-13(18)12-7-5-6-8-16-12/h9,11-12,16H,3-8,10H2,1-2H3. The van der Waals surface area contributed by atoms with Gasteiger partial charge in [0, 0.05) is 25.3 Å². The van der Waals surface area contributed by atoms with Crippen molar-refractivity contribution in [2.75, 3.05) is 19.6 Å². The van der Waals surface area contributed by atoms with Gasteiger partial charge in [0.1, 0.15) is 6.54 Å². The number of carbonyl (C=O) groups excluding carboxylic acids is 1. The van der Waals surface area contributed by atoms with Crippen LogP contribution in [0, 0.1) is 0 Å². The first-order chi connectivity index (χ1) is 9.26. The van der Waals surface area contributed by atoms with E-state index in [1.54, 1.807) is 6.33 Å². The predicted molar refractivity (Wildman–Crippen MR) is 74.7 cm³/mol. The van der Waals surface area contributed by atoms with Crippen molar-refractivity contribution in [1.29, 1.82) is 0 Å². The molecular formula is C14H24N4O. The third-order valence-electron chi connectivity index (χ3n) is 3.83. The first-order valence-electron chi connectivity index (χ1n) is 7.27. The highest BCUT2D eigenvalue weighted by atomic mass is 16.2. The van der Waals surface area contributed by atoms with Crippen LogP contribution in [-0.4, -0.2) is 40.0 Å². The fourth-order valence-corrected chi connectivity index (χ4v) is 2.68. The van der Waals surface area contributed by atoms with Gasteiger partial charge < -0.3 is 14.8 Å². The summed E-state index contributed by atoms with van der Waals surface area (Å²) in [6, 6.07) is 0.348. The molecule has 1 atom stereocenters. The van der Waals surface area contributed by atoms with E-state index in [4.69, 9.17) is 0 Å². The van der Waals surface area contributed by atoms with Gasteiger partial charge in [0.05, 0.1) is 12.0 Å². The Labute approximate surface area is 115 Å². The SMILES string of the molecule is CCN(CC)C(=O)Cn1cncc1C1CCCCN1. The topological polar surface area (TPSA) is 50.2 Å². The molecule has 1 amide bonds. The van der Waals surface area contributed by atoms with Crippen LogP contribution in [0.2, 0.25) is 0 Å². The maximum Gasteiger partial charge on any atom is 0.242 e. The van der Waals surface area contributed by atoms with Gasteiger partial charge in [-0.15, -0.1) is 0 Å². The van der Waals surface area contributed by atoms with Crippen molar-refractivity contribution in [3.05, 3.63) is 18.2 Å². The third-order valence-corrected chi connectivity index (χ3v) is 3.83. The Balaban J connectivity index is 2.04. The van der Waals surface area contributed by atoms with Crippen LogP contribution in [0.15, 0.2) is 12.5 Å². The second-order valence-electron chi connectivity index (χ2n) is 5.01. The Morgan fingerprint density at radius 3 is 2.89 bits per heavy atom. The van der Waals surface area contributed by atoms with Gasteiger partial charge in [0.2, 0.25) is 5.91 Å². The molecule has 1 fully saturated rings. The van der Waals surface area contributed by atoms with Gasteiger partial charge >= 0.3 is 0 Å². The van der Waals surface area contributed by atoms with E-state index in [-0.39, 0.29) is 5.91 Å². The Kier molecular flexibility index (Phi) is 4.96. The Hall–Kier alpha value is -1.36. The number of rotatable bonds is 5.